The number of thiophene rings is 1. The van der Waals surface area contributed by atoms with E-state index in [2.05, 4.69) is 15.3 Å². The fraction of sp³-hybridized carbons (Fsp3) is 0.0435. The van der Waals surface area contributed by atoms with Gasteiger partial charge in [0.25, 0.3) is 5.56 Å². The first-order valence-electron chi connectivity index (χ1n) is 9.72. The first-order valence-corrected chi connectivity index (χ1v) is 11.5. The topological polar surface area (TPSA) is 76.9 Å². The first-order chi connectivity index (χ1) is 16.0. The molecule has 0 bridgehead atoms. The molecule has 0 aliphatic rings. The van der Waals surface area contributed by atoms with Crippen molar-refractivity contribution in [3.05, 3.63) is 87.6 Å². The van der Waals surface area contributed by atoms with Gasteiger partial charge in [-0.1, -0.05) is 30.3 Å². The fourth-order valence-electron chi connectivity index (χ4n) is 3.34. The Balaban J connectivity index is 1.37. The Bertz CT molecular complexity index is 1540. The van der Waals surface area contributed by atoms with Crippen LogP contribution in [0.15, 0.2) is 70.4 Å². The number of anilines is 1. The average Bonchev–Trinajstić information content (AvgIpc) is 3.46. The van der Waals surface area contributed by atoms with Crippen molar-refractivity contribution in [1.82, 2.24) is 14.5 Å². The molecule has 0 aliphatic carbocycles. The Morgan fingerprint density at radius 2 is 1.82 bits per heavy atom. The van der Waals surface area contributed by atoms with Crippen LogP contribution in [0.5, 0.6) is 0 Å². The number of benzene rings is 2. The predicted molar refractivity (Wildman–Crippen MR) is 125 cm³/mol. The maximum absolute atomic E-state index is 13.5. The lowest BCUT2D eigenvalue weighted by molar-refractivity contribution is -0.116. The van der Waals surface area contributed by atoms with E-state index in [-0.39, 0.29) is 17.2 Å². The van der Waals surface area contributed by atoms with Gasteiger partial charge in [0.2, 0.25) is 5.91 Å². The monoisotopic (exact) mass is 480 g/mol. The van der Waals surface area contributed by atoms with Crippen LogP contribution in [0.2, 0.25) is 0 Å². The number of nitrogens with zero attached hydrogens (tertiary/aromatic N) is 3. The third kappa shape index (κ3) is 4.18. The van der Waals surface area contributed by atoms with Crippen molar-refractivity contribution in [2.45, 2.75) is 6.54 Å². The van der Waals surface area contributed by atoms with Crippen LogP contribution in [-0.2, 0) is 11.3 Å². The van der Waals surface area contributed by atoms with Gasteiger partial charge in [0.05, 0.1) is 17.4 Å². The van der Waals surface area contributed by atoms with Crippen LogP contribution in [0.4, 0.5) is 13.9 Å². The molecule has 3 aromatic heterocycles. The molecule has 0 aliphatic heterocycles. The van der Waals surface area contributed by atoms with Crippen molar-refractivity contribution in [3.8, 4) is 22.4 Å². The molecule has 1 N–H and O–H groups in total. The van der Waals surface area contributed by atoms with E-state index in [4.69, 9.17) is 0 Å². The highest BCUT2D eigenvalue weighted by atomic mass is 32.1. The van der Waals surface area contributed by atoms with Gasteiger partial charge < -0.3 is 5.32 Å². The fourth-order valence-corrected chi connectivity index (χ4v) is 4.99. The lowest BCUT2D eigenvalue weighted by Gasteiger charge is -2.06. The largest absolute Gasteiger partial charge is 0.300 e. The van der Waals surface area contributed by atoms with E-state index in [1.54, 1.807) is 5.38 Å². The second-order valence-electron chi connectivity index (χ2n) is 7.09. The van der Waals surface area contributed by atoms with E-state index >= 15 is 0 Å². The third-order valence-electron chi connectivity index (χ3n) is 4.93. The highest BCUT2D eigenvalue weighted by Crippen LogP contribution is 2.30. The number of carbonyl (C=O) groups excluding carboxylic acids is 1. The number of fused-ring (bicyclic) bond motifs is 1. The first kappa shape index (κ1) is 21.1. The van der Waals surface area contributed by atoms with Crippen LogP contribution >= 0.6 is 22.7 Å². The molecule has 2 aromatic carbocycles. The number of aromatic nitrogens is 3. The molecule has 6 nitrogen and oxygen atoms in total. The highest BCUT2D eigenvalue weighted by Gasteiger charge is 2.16. The van der Waals surface area contributed by atoms with Crippen LogP contribution in [0.1, 0.15) is 0 Å². The number of hydrogen-bond donors (Lipinski definition) is 1. The zero-order valence-electron chi connectivity index (χ0n) is 16.8. The SMILES string of the molecule is O=C(Cn1cnc2scc(-c3ccccc3)c2c1=O)Nc1nc(-c2ccc(F)c(F)c2)cs1. The summed E-state index contributed by atoms with van der Waals surface area (Å²) in [6, 6.07) is 13.0. The van der Waals surface area contributed by atoms with Gasteiger partial charge >= 0.3 is 0 Å². The van der Waals surface area contributed by atoms with E-state index in [1.165, 1.54) is 28.3 Å². The highest BCUT2D eigenvalue weighted by molar-refractivity contribution is 7.17. The van der Waals surface area contributed by atoms with Gasteiger partial charge in [-0.3, -0.25) is 14.2 Å². The number of rotatable bonds is 5. The normalized spacial score (nSPS) is 11.1. The number of thiazole rings is 1. The quantitative estimate of drug-likeness (QED) is 0.377. The minimum atomic E-state index is -0.975. The average molecular weight is 481 g/mol. The van der Waals surface area contributed by atoms with Crippen LogP contribution in [0, 0.1) is 11.6 Å². The molecule has 0 atom stereocenters. The smallest absolute Gasteiger partial charge is 0.263 e. The van der Waals surface area contributed by atoms with Gasteiger partial charge in [-0.25, -0.2) is 18.7 Å². The summed E-state index contributed by atoms with van der Waals surface area (Å²) in [5.74, 6) is -2.38. The molecule has 5 rings (SSSR count). The van der Waals surface area contributed by atoms with Crippen molar-refractivity contribution in [3.63, 3.8) is 0 Å². The molecule has 1 amide bonds. The van der Waals surface area contributed by atoms with Gasteiger partial charge in [-0.05, 0) is 23.8 Å². The molecule has 0 saturated carbocycles. The minimum Gasteiger partial charge on any atom is -0.300 e. The van der Waals surface area contributed by atoms with Crippen LogP contribution in [0.3, 0.4) is 0 Å². The summed E-state index contributed by atoms with van der Waals surface area (Å²) < 4.78 is 27.9. The number of hydrogen-bond acceptors (Lipinski definition) is 6. The molecule has 10 heteroatoms. The zero-order valence-corrected chi connectivity index (χ0v) is 18.4. The summed E-state index contributed by atoms with van der Waals surface area (Å²) in [6.07, 6.45) is 1.35. The van der Waals surface area contributed by atoms with Gasteiger partial charge in [0.1, 0.15) is 11.4 Å². The van der Waals surface area contributed by atoms with Crippen molar-refractivity contribution in [2.24, 2.45) is 0 Å². The Hall–Kier alpha value is -3.76. The molecule has 0 radical (unpaired) electrons. The predicted octanol–water partition coefficient (Wildman–Crippen LogP) is 5.17. The Morgan fingerprint density at radius 1 is 1.00 bits per heavy atom. The summed E-state index contributed by atoms with van der Waals surface area (Å²) in [5, 5.41) is 6.89. The number of carbonyl (C=O) groups is 1. The van der Waals surface area contributed by atoms with Crippen molar-refractivity contribution in [1.29, 1.82) is 0 Å². The molecule has 164 valence electrons. The van der Waals surface area contributed by atoms with Gasteiger partial charge in [0, 0.05) is 21.9 Å². The molecule has 33 heavy (non-hydrogen) atoms. The van der Waals surface area contributed by atoms with E-state index in [0.29, 0.717) is 21.5 Å². The lowest BCUT2D eigenvalue weighted by Crippen LogP contribution is -2.27. The molecule has 3 heterocycles. The van der Waals surface area contributed by atoms with Crippen LogP contribution in [-0.4, -0.2) is 20.4 Å². The van der Waals surface area contributed by atoms with E-state index in [1.807, 2.05) is 35.7 Å². The standard InChI is InChI=1S/C23H14F2N4O2S2/c24-16-7-6-14(8-17(16)25)18-11-33-23(27-18)28-19(30)9-29-12-26-21-20(22(29)31)15(10-32-21)13-4-2-1-3-5-13/h1-8,10-12H,9H2,(H,27,28,30). The van der Waals surface area contributed by atoms with Gasteiger partial charge in [0.15, 0.2) is 16.8 Å². The van der Waals surface area contributed by atoms with E-state index in [0.717, 1.165) is 34.6 Å². The second kappa shape index (κ2) is 8.64. The van der Waals surface area contributed by atoms with E-state index < -0.39 is 17.5 Å². The summed E-state index contributed by atoms with van der Waals surface area (Å²) in [6.45, 7) is -0.244. The maximum atomic E-state index is 13.5. The Kier molecular flexibility index (Phi) is 5.53. The summed E-state index contributed by atoms with van der Waals surface area (Å²) in [7, 11) is 0. The number of halogens is 2. The van der Waals surface area contributed by atoms with Crippen molar-refractivity contribution < 1.29 is 13.6 Å². The molecule has 0 unspecified atom stereocenters. The second-order valence-corrected chi connectivity index (χ2v) is 8.80. The molecule has 0 fully saturated rings. The molecule has 5 aromatic rings. The zero-order chi connectivity index (χ0) is 22.9. The lowest BCUT2D eigenvalue weighted by atomic mass is 10.1. The van der Waals surface area contributed by atoms with E-state index in [9.17, 15) is 18.4 Å². The Labute approximate surface area is 193 Å². The van der Waals surface area contributed by atoms with Crippen molar-refractivity contribution >= 4 is 43.9 Å². The summed E-state index contributed by atoms with van der Waals surface area (Å²) >= 11 is 2.51. The molecular formula is C23H14F2N4O2S2. The molecule has 0 saturated heterocycles. The van der Waals surface area contributed by atoms with Crippen molar-refractivity contribution in [2.75, 3.05) is 5.32 Å². The summed E-state index contributed by atoms with van der Waals surface area (Å²) in [5.41, 5.74) is 2.16. The van der Waals surface area contributed by atoms with Crippen LogP contribution < -0.4 is 10.9 Å². The van der Waals surface area contributed by atoms with Crippen LogP contribution in [0.25, 0.3) is 32.6 Å². The molecular weight excluding hydrogens is 466 g/mol. The Morgan fingerprint density at radius 3 is 2.61 bits per heavy atom. The van der Waals surface area contributed by atoms with Gasteiger partial charge in [-0.2, -0.15) is 0 Å². The maximum Gasteiger partial charge on any atom is 0.263 e. The number of nitrogens with one attached hydrogen (secondary N) is 1. The minimum absolute atomic E-state index is 0.244. The third-order valence-corrected chi connectivity index (χ3v) is 6.57. The number of amides is 1. The molecule has 0 spiro atoms. The van der Waals surface area contributed by atoms with Gasteiger partial charge in [-0.15, -0.1) is 22.7 Å². The summed E-state index contributed by atoms with van der Waals surface area (Å²) in [4.78, 5) is 34.8.